The quantitative estimate of drug-likeness (QED) is 0.0152. The molecule has 15 rings (SSSR count). The molecule has 0 radical (unpaired) electrons. The minimum atomic E-state index is -5.33. The summed E-state index contributed by atoms with van der Waals surface area (Å²) in [5.74, 6) is -4.42. The van der Waals surface area contributed by atoms with Gasteiger partial charge in [-0.1, -0.05) is 52.0 Å². The second-order valence-electron chi connectivity index (χ2n) is 25.6. The summed E-state index contributed by atoms with van der Waals surface area (Å²) in [7, 11) is -20.8. The molecule has 4 amide bonds. The van der Waals surface area contributed by atoms with Crippen molar-refractivity contribution in [3.63, 3.8) is 0 Å². The van der Waals surface area contributed by atoms with Crippen LogP contribution >= 0.6 is 0 Å². The monoisotopic (exact) mass is 1700 g/mol. The molecular weight excluding hydrogens is 1650 g/mol. The summed E-state index contributed by atoms with van der Waals surface area (Å²) >= 11 is 0. The Morgan fingerprint density at radius 2 is 0.517 bits per heavy atom. The van der Waals surface area contributed by atoms with Crippen LogP contribution in [0.4, 0.5) is 0 Å². The summed E-state index contributed by atoms with van der Waals surface area (Å²) in [6.07, 6.45) is 1.05. The van der Waals surface area contributed by atoms with Gasteiger partial charge in [-0.2, -0.15) is 108 Å². The molecule has 2 aliphatic rings. The second kappa shape index (κ2) is 39.9. The molecule has 0 fully saturated rings. The molecule has 0 atom stereocenters. The molecule has 0 unspecified atom stereocenters. The van der Waals surface area contributed by atoms with Crippen LogP contribution in [0.15, 0.2) is 214 Å². The summed E-state index contributed by atoms with van der Waals surface area (Å²) in [5, 5.41) is -0.361. The Balaban J connectivity index is 0.00000233. The summed E-state index contributed by atoms with van der Waals surface area (Å²) in [6.45, 7) is 7.18. The summed E-state index contributed by atoms with van der Waals surface area (Å²) in [5.41, 5.74) is 1.15. The van der Waals surface area contributed by atoms with Crippen molar-refractivity contribution in [3.8, 4) is 90.5 Å². The number of fused-ring (bicyclic) bond motifs is 2. The van der Waals surface area contributed by atoms with Crippen molar-refractivity contribution in [3.05, 3.63) is 241 Å². The number of nitrogens with zero attached hydrogens (tertiary/aromatic N) is 2. The molecule has 22 nitrogen and oxygen atoms in total. The van der Waals surface area contributed by atoms with Crippen LogP contribution in [0.25, 0.3) is 87.6 Å². The van der Waals surface area contributed by atoms with Gasteiger partial charge in [-0.3, -0.25) is 29.0 Å². The van der Waals surface area contributed by atoms with Crippen molar-refractivity contribution in [2.75, 3.05) is 0 Å². The van der Waals surface area contributed by atoms with Crippen LogP contribution in [0.5, 0.6) is 46.0 Å². The maximum absolute atomic E-state index is 16.1. The minimum absolute atomic E-state index is 0. The van der Waals surface area contributed by atoms with Crippen LogP contribution in [0.1, 0.15) is 94.8 Å². The van der Waals surface area contributed by atoms with Gasteiger partial charge in [0.25, 0.3) is 23.6 Å². The van der Waals surface area contributed by atoms with E-state index in [4.69, 9.17) is 18.9 Å². The Kier molecular flexibility index (Phi) is 34.1. The predicted molar refractivity (Wildman–Crippen MR) is 392 cm³/mol. The van der Waals surface area contributed by atoms with Crippen LogP contribution in [-0.4, -0.2) is 97.4 Å². The third-order valence-electron chi connectivity index (χ3n) is 19.6. The van der Waals surface area contributed by atoms with Gasteiger partial charge < -0.3 is 37.2 Å². The summed E-state index contributed by atoms with van der Waals surface area (Å²) in [4.78, 5) is 63.8. The Labute approximate surface area is 846 Å². The Hall–Kier alpha value is -3.72. The molecular formula is C82H54N2Na8O20S4. The van der Waals surface area contributed by atoms with Gasteiger partial charge in [-0.15, -0.1) is 23.3 Å². The van der Waals surface area contributed by atoms with Gasteiger partial charge in [0, 0.05) is 77.8 Å². The molecule has 0 spiro atoms. The molecule has 13 aromatic carbocycles. The van der Waals surface area contributed by atoms with E-state index in [1.165, 1.54) is 24.3 Å². The molecule has 0 aromatic heterocycles. The van der Waals surface area contributed by atoms with E-state index in [0.29, 0.717) is 22.3 Å². The molecule has 0 N–H and O–H groups in total. The summed E-state index contributed by atoms with van der Waals surface area (Å²) in [6, 6.07) is 54.5. The first-order chi connectivity index (χ1) is 51.6. The molecule has 34 heteroatoms. The van der Waals surface area contributed by atoms with Crippen molar-refractivity contribution in [2.45, 2.75) is 85.0 Å². The molecule has 0 aliphatic carbocycles. The maximum atomic E-state index is 16.1. The van der Waals surface area contributed by atoms with Crippen molar-refractivity contribution in [1.29, 1.82) is 0 Å². The van der Waals surface area contributed by atoms with Crippen LogP contribution in [0.2, 0.25) is 0 Å². The fourth-order valence-electron chi connectivity index (χ4n) is 14.5. The van der Waals surface area contributed by atoms with E-state index in [1.807, 2.05) is 0 Å². The van der Waals surface area contributed by atoms with Gasteiger partial charge in [0.05, 0.1) is 41.8 Å². The second-order valence-corrected chi connectivity index (χ2v) is 31.1. The molecule has 544 valence electrons. The Morgan fingerprint density at radius 1 is 0.276 bits per heavy atom. The van der Waals surface area contributed by atoms with E-state index in [-0.39, 0.29) is 396 Å². The van der Waals surface area contributed by atoms with Crippen LogP contribution in [-0.2, 0) is 40.5 Å². The van der Waals surface area contributed by atoms with Crippen LogP contribution in [0, 0.1) is 24.3 Å². The molecule has 0 saturated carbocycles. The first-order valence-corrected chi connectivity index (χ1v) is 39.3. The predicted octanol–water partition coefficient (Wildman–Crippen LogP) is -8.01. The number of amides is 4. The number of hydrogen-bond donors (Lipinski definition) is 0. The van der Waals surface area contributed by atoms with Crippen molar-refractivity contribution >= 4 is 107 Å². The Bertz CT molecular complexity index is 6100. The number of carbonyl (C=O) groups is 4. The van der Waals surface area contributed by atoms with Gasteiger partial charge in [0.1, 0.15) is 75.0 Å². The largest absolute Gasteiger partial charge is 1.00 e. The first kappa shape index (κ1) is 99.4. The van der Waals surface area contributed by atoms with Gasteiger partial charge in [0.15, 0.2) is 0 Å². The topological polar surface area (TPSA) is 340 Å². The van der Waals surface area contributed by atoms with Gasteiger partial charge in [-0.05, 0) is 122 Å². The number of imide groups is 2. The van der Waals surface area contributed by atoms with E-state index in [9.17, 15) is 51.9 Å². The van der Waals surface area contributed by atoms with Gasteiger partial charge >= 0.3 is 236 Å². The smallest absolute Gasteiger partial charge is 0.744 e. The number of benzene rings is 13. The summed E-state index contributed by atoms with van der Waals surface area (Å²) < 4.78 is 182. The van der Waals surface area contributed by atoms with Crippen molar-refractivity contribution in [2.24, 2.45) is 0 Å². The molecule has 2 aliphatic heterocycles. The maximum Gasteiger partial charge on any atom is 1.00 e. The first-order valence-electron chi connectivity index (χ1n) is 33.7. The molecule has 0 bridgehead atoms. The average Bonchev–Trinajstić information content (AvgIpc) is 0.669. The molecule has 2 heterocycles. The van der Waals surface area contributed by atoms with Gasteiger partial charge in [0.2, 0.25) is 0 Å². The average molecular weight is 1700 g/mol. The zero-order valence-corrected chi connectivity index (χ0v) is 84.4. The van der Waals surface area contributed by atoms with E-state index in [2.05, 4.69) is 24.3 Å². The number of rotatable bonds is 22. The number of hydrogen-bond acceptors (Lipinski definition) is 20. The van der Waals surface area contributed by atoms with Crippen molar-refractivity contribution < 1.29 is 326 Å². The zero-order valence-electron chi connectivity index (χ0n) is 65.2. The molecule has 13 aromatic rings. The van der Waals surface area contributed by atoms with E-state index in [0.717, 1.165) is 94.7 Å². The minimum Gasteiger partial charge on any atom is -0.744 e. The van der Waals surface area contributed by atoms with Crippen molar-refractivity contribution in [1.82, 2.24) is 9.80 Å². The van der Waals surface area contributed by atoms with E-state index >= 15 is 19.2 Å². The van der Waals surface area contributed by atoms with Crippen LogP contribution < -0.4 is 255 Å². The van der Waals surface area contributed by atoms with E-state index in [1.54, 1.807) is 113 Å². The third-order valence-corrected chi connectivity index (χ3v) is 22.9. The van der Waals surface area contributed by atoms with Gasteiger partial charge in [-0.25, -0.2) is 33.7 Å². The SMILES string of the molecule is CCC(CC)N1C(=O)c2cc(Oc3cc[c-]cc3-c3cc[c-]cc3)c3c4c(Oc5cc[c-]cc5-c5cc[c-]cc5)cc5c6c(cc(Oc7ccc(S(=O)(=O)[O-])cc7-c7ccc(S(=O)(=O)[O-])cc7)c(c7c(Oc8ccc(S(=O)(=O)[O-])cc8-c8ccc(S(=O)(=O)[O-])cc8)cc(c2c37)C1=O)c64)C(=O)N(C(CC)CC)C5=O.[Na+].[Na+].[Na+].[Na+].[Na+].[Na+].[Na+].[Na+]. The third kappa shape index (κ3) is 18.9. The number of carbonyl (C=O) groups excluding carboxylic acids is 4. The number of ether oxygens (including phenoxy) is 4. The molecule has 116 heavy (non-hydrogen) atoms. The standard InChI is InChI=1S/C82H58N2O20S4.8Na/c1-5-49(6-2)83-79(85)59-41-67(101-63-25-17-15-23-55(63)45-19-11-9-12-20-45)73-74-68(102-64-26-18-16-24-56(64)46-21-13-10-14-22-46)42-60-72-62(82(88)84(80(60)86)50(7-3)8-4)44-70(104-66-38-36-54(108(98,99)100)40-58(66)48-29-33-52(34-30-48)106(92,93)94)76(78(72)74)75-69(43-61(81(83)87)71(59)77(73)75)103-65-37-35-53(107(95,96)97)39-57(65)47-27-31-51(32-28-47)105(89,90)91;;;;;;;;/h11-14,17-44,49-50H,5-8H2,1-4H3,(H,89,90,91)(H,92,93,94)(H,95,96,97)(H,98,99,100);;;;;;;;/q-4;8*+1/p-4. The fraction of sp³-hybridized carbons (Fsp3) is 0.122. The molecule has 0 saturated heterocycles. The van der Waals surface area contributed by atoms with Crippen LogP contribution in [0.3, 0.4) is 0 Å². The normalized spacial score (nSPS) is 12.5. The van der Waals surface area contributed by atoms with E-state index < -0.39 is 95.8 Å². The fourth-order valence-corrected chi connectivity index (χ4v) is 16.4. The Morgan fingerprint density at radius 3 is 0.776 bits per heavy atom. The zero-order chi connectivity index (χ0) is 76.2.